The van der Waals surface area contributed by atoms with E-state index in [0.717, 1.165) is 37.3 Å². The molecule has 0 bridgehead atoms. The van der Waals surface area contributed by atoms with E-state index in [-0.39, 0.29) is 12.5 Å². The van der Waals surface area contributed by atoms with Crippen molar-refractivity contribution in [3.63, 3.8) is 0 Å². The highest BCUT2D eigenvalue weighted by molar-refractivity contribution is 5.75. The Balaban J connectivity index is 2.10. The molecular weight excluding hydrogens is 242 g/mol. The Morgan fingerprint density at radius 3 is 2.74 bits per heavy atom. The first-order valence-corrected chi connectivity index (χ1v) is 6.99. The van der Waals surface area contributed by atoms with E-state index in [2.05, 4.69) is 17.3 Å². The molecular formula is C14H25N3O2. The van der Waals surface area contributed by atoms with Crippen LogP contribution < -0.4 is 5.32 Å². The molecule has 0 fully saturated rings. The Hall–Kier alpha value is -1.36. The Kier molecular flexibility index (Phi) is 7.18. The van der Waals surface area contributed by atoms with Crippen molar-refractivity contribution in [1.82, 2.24) is 15.1 Å². The SMILES string of the molecule is CCCCOCCCNC(=O)Cn1nc(C)cc1C. The number of carbonyl (C=O) groups is 1. The average molecular weight is 267 g/mol. The first-order valence-electron chi connectivity index (χ1n) is 6.99. The molecule has 0 spiro atoms. The smallest absolute Gasteiger partial charge is 0.241 e. The minimum absolute atomic E-state index is 0.000224. The largest absolute Gasteiger partial charge is 0.381 e. The summed E-state index contributed by atoms with van der Waals surface area (Å²) in [6.07, 6.45) is 3.11. The van der Waals surface area contributed by atoms with E-state index in [4.69, 9.17) is 4.74 Å². The van der Waals surface area contributed by atoms with Crippen molar-refractivity contribution in [1.29, 1.82) is 0 Å². The van der Waals surface area contributed by atoms with Gasteiger partial charge in [-0.15, -0.1) is 0 Å². The van der Waals surface area contributed by atoms with E-state index in [1.165, 1.54) is 0 Å². The normalized spacial score (nSPS) is 10.7. The molecule has 5 heteroatoms. The van der Waals surface area contributed by atoms with Crippen LogP contribution in [0.2, 0.25) is 0 Å². The number of hydrogen-bond donors (Lipinski definition) is 1. The number of carbonyl (C=O) groups excluding carboxylic acids is 1. The van der Waals surface area contributed by atoms with Crippen molar-refractivity contribution in [3.05, 3.63) is 17.5 Å². The zero-order valence-corrected chi connectivity index (χ0v) is 12.2. The van der Waals surface area contributed by atoms with Gasteiger partial charge in [0.15, 0.2) is 0 Å². The summed E-state index contributed by atoms with van der Waals surface area (Å²) < 4.78 is 7.15. The summed E-state index contributed by atoms with van der Waals surface area (Å²) >= 11 is 0. The van der Waals surface area contributed by atoms with Crippen molar-refractivity contribution in [2.45, 2.75) is 46.6 Å². The molecule has 0 saturated heterocycles. The van der Waals surface area contributed by atoms with Crippen molar-refractivity contribution >= 4 is 5.91 Å². The molecule has 1 heterocycles. The molecule has 1 aromatic rings. The highest BCUT2D eigenvalue weighted by Crippen LogP contribution is 2.00. The number of nitrogens with zero attached hydrogens (tertiary/aromatic N) is 2. The molecule has 0 aromatic carbocycles. The van der Waals surface area contributed by atoms with E-state index in [1.807, 2.05) is 19.9 Å². The van der Waals surface area contributed by atoms with Crippen LogP contribution in [0.4, 0.5) is 0 Å². The van der Waals surface area contributed by atoms with Gasteiger partial charge in [0.1, 0.15) is 6.54 Å². The molecule has 0 unspecified atom stereocenters. The van der Waals surface area contributed by atoms with Crippen LogP contribution in [0, 0.1) is 13.8 Å². The molecule has 1 rings (SSSR count). The van der Waals surface area contributed by atoms with Gasteiger partial charge in [0.05, 0.1) is 5.69 Å². The summed E-state index contributed by atoms with van der Waals surface area (Å²) in [5, 5.41) is 7.14. The second-order valence-corrected chi connectivity index (χ2v) is 4.75. The number of aromatic nitrogens is 2. The highest BCUT2D eigenvalue weighted by atomic mass is 16.5. The molecule has 1 N–H and O–H groups in total. The van der Waals surface area contributed by atoms with Crippen molar-refractivity contribution in [3.8, 4) is 0 Å². The van der Waals surface area contributed by atoms with E-state index >= 15 is 0 Å². The van der Waals surface area contributed by atoms with Crippen LogP contribution in [0.15, 0.2) is 6.07 Å². The molecule has 0 saturated carbocycles. The van der Waals surface area contributed by atoms with E-state index in [9.17, 15) is 4.79 Å². The number of unbranched alkanes of at least 4 members (excludes halogenated alkanes) is 1. The zero-order valence-electron chi connectivity index (χ0n) is 12.2. The van der Waals surface area contributed by atoms with Gasteiger partial charge < -0.3 is 10.1 Å². The molecule has 1 amide bonds. The molecule has 5 nitrogen and oxygen atoms in total. The fraction of sp³-hybridized carbons (Fsp3) is 0.714. The first-order chi connectivity index (χ1) is 9.13. The zero-order chi connectivity index (χ0) is 14.1. The lowest BCUT2D eigenvalue weighted by atomic mass is 10.3. The van der Waals surface area contributed by atoms with Crippen molar-refractivity contribution < 1.29 is 9.53 Å². The Morgan fingerprint density at radius 1 is 1.37 bits per heavy atom. The van der Waals surface area contributed by atoms with Gasteiger partial charge in [-0.05, 0) is 32.8 Å². The summed E-state index contributed by atoms with van der Waals surface area (Å²) in [6.45, 7) is 8.49. The molecule has 0 aliphatic rings. The maximum absolute atomic E-state index is 11.7. The second kappa shape index (κ2) is 8.69. The Morgan fingerprint density at radius 2 is 2.11 bits per heavy atom. The fourth-order valence-electron chi connectivity index (χ4n) is 1.78. The lowest BCUT2D eigenvalue weighted by Gasteiger charge is -2.07. The van der Waals surface area contributed by atoms with Gasteiger partial charge in [0.2, 0.25) is 5.91 Å². The van der Waals surface area contributed by atoms with E-state index in [0.29, 0.717) is 13.2 Å². The van der Waals surface area contributed by atoms with Gasteiger partial charge in [0, 0.05) is 25.5 Å². The molecule has 0 atom stereocenters. The summed E-state index contributed by atoms with van der Waals surface area (Å²) in [4.78, 5) is 11.7. The summed E-state index contributed by atoms with van der Waals surface area (Å²) in [5.41, 5.74) is 1.95. The predicted molar refractivity (Wildman–Crippen MR) is 75.1 cm³/mol. The van der Waals surface area contributed by atoms with Gasteiger partial charge in [-0.3, -0.25) is 9.48 Å². The third-order valence-electron chi connectivity index (χ3n) is 2.83. The number of aryl methyl sites for hydroxylation is 2. The van der Waals surface area contributed by atoms with Gasteiger partial charge in [-0.2, -0.15) is 5.10 Å². The third kappa shape index (κ3) is 6.38. The number of amides is 1. The average Bonchev–Trinajstić information content (AvgIpc) is 2.66. The third-order valence-corrected chi connectivity index (χ3v) is 2.83. The molecule has 1 aromatic heterocycles. The minimum atomic E-state index is -0.000224. The van der Waals surface area contributed by atoms with Gasteiger partial charge >= 0.3 is 0 Å². The van der Waals surface area contributed by atoms with E-state index in [1.54, 1.807) is 4.68 Å². The topological polar surface area (TPSA) is 56.1 Å². The van der Waals surface area contributed by atoms with Crippen LogP contribution in [-0.2, 0) is 16.1 Å². The number of nitrogens with one attached hydrogen (secondary N) is 1. The maximum atomic E-state index is 11.7. The fourth-order valence-corrected chi connectivity index (χ4v) is 1.78. The van der Waals surface area contributed by atoms with Crippen LogP contribution in [0.3, 0.4) is 0 Å². The molecule has 0 aliphatic heterocycles. The van der Waals surface area contributed by atoms with E-state index < -0.39 is 0 Å². The molecule has 0 radical (unpaired) electrons. The van der Waals surface area contributed by atoms with Gasteiger partial charge in [-0.1, -0.05) is 13.3 Å². The monoisotopic (exact) mass is 267 g/mol. The number of hydrogen-bond acceptors (Lipinski definition) is 3. The van der Waals surface area contributed by atoms with Crippen LogP contribution in [-0.4, -0.2) is 35.4 Å². The standard InChI is InChI=1S/C14H25N3O2/c1-4-5-8-19-9-6-7-15-14(18)11-17-13(3)10-12(2)16-17/h10H,4-9,11H2,1-3H3,(H,15,18). The maximum Gasteiger partial charge on any atom is 0.241 e. The lowest BCUT2D eigenvalue weighted by Crippen LogP contribution is -2.29. The minimum Gasteiger partial charge on any atom is -0.381 e. The molecule has 19 heavy (non-hydrogen) atoms. The summed E-state index contributed by atoms with van der Waals surface area (Å²) in [7, 11) is 0. The molecule has 108 valence electrons. The van der Waals surface area contributed by atoms with Crippen molar-refractivity contribution in [2.75, 3.05) is 19.8 Å². The van der Waals surface area contributed by atoms with Crippen LogP contribution in [0.1, 0.15) is 37.6 Å². The number of ether oxygens (including phenoxy) is 1. The lowest BCUT2D eigenvalue weighted by molar-refractivity contribution is -0.121. The predicted octanol–water partition coefficient (Wildman–Crippen LogP) is 1.82. The van der Waals surface area contributed by atoms with Crippen molar-refractivity contribution in [2.24, 2.45) is 0 Å². The first kappa shape index (κ1) is 15.7. The summed E-state index contributed by atoms with van der Waals surface area (Å²) in [5.74, 6) is -0.000224. The summed E-state index contributed by atoms with van der Waals surface area (Å²) in [6, 6.07) is 1.97. The van der Waals surface area contributed by atoms with Gasteiger partial charge in [0.25, 0.3) is 0 Å². The van der Waals surface area contributed by atoms with Gasteiger partial charge in [-0.25, -0.2) is 0 Å². The second-order valence-electron chi connectivity index (χ2n) is 4.75. The highest BCUT2D eigenvalue weighted by Gasteiger charge is 2.06. The molecule has 0 aliphatic carbocycles. The van der Waals surface area contributed by atoms with Crippen LogP contribution >= 0.6 is 0 Å². The van der Waals surface area contributed by atoms with Crippen LogP contribution in [0.25, 0.3) is 0 Å². The number of rotatable bonds is 9. The Labute approximate surface area is 115 Å². The quantitative estimate of drug-likeness (QED) is 0.694. The Bertz CT molecular complexity index is 388. The van der Waals surface area contributed by atoms with Crippen LogP contribution in [0.5, 0.6) is 0 Å².